The van der Waals surface area contributed by atoms with Crippen molar-refractivity contribution in [2.75, 3.05) is 14.2 Å². The third-order valence-corrected chi connectivity index (χ3v) is 3.70. The van der Waals surface area contributed by atoms with Gasteiger partial charge in [0, 0.05) is 12.8 Å². The molecule has 0 radical (unpaired) electrons. The van der Waals surface area contributed by atoms with Crippen molar-refractivity contribution in [2.45, 2.75) is 12.8 Å². The van der Waals surface area contributed by atoms with Crippen molar-refractivity contribution in [3.63, 3.8) is 0 Å². The second-order valence-electron chi connectivity index (χ2n) is 5.39. The van der Waals surface area contributed by atoms with Crippen molar-refractivity contribution >= 4 is 11.7 Å². The van der Waals surface area contributed by atoms with E-state index < -0.39 is 0 Å². The molecule has 6 nitrogen and oxygen atoms in total. The fourth-order valence-corrected chi connectivity index (χ4v) is 2.35. The highest BCUT2D eigenvalue weighted by Crippen LogP contribution is 2.13. The Bertz CT molecular complexity index is 671. The minimum Gasteiger partial charge on any atom is -0.497 e. The first-order valence-corrected chi connectivity index (χ1v) is 7.68. The van der Waals surface area contributed by atoms with Crippen LogP contribution in [0.5, 0.6) is 11.5 Å². The maximum absolute atomic E-state index is 5.16. The van der Waals surface area contributed by atoms with Gasteiger partial charge in [0.15, 0.2) is 0 Å². The van der Waals surface area contributed by atoms with E-state index in [0.29, 0.717) is 12.8 Å². The summed E-state index contributed by atoms with van der Waals surface area (Å²) in [7, 11) is 3.32. The number of nitrogens with zero attached hydrogens (tertiary/aromatic N) is 2. The highest BCUT2D eigenvalue weighted by Gasteiger charge is 2.09. The summed E-state index contributed by atoms with van der Waals surface area (Å²) in [6.45, 7) is 0. The molecule has 0 atom stereocenters. The van der Waals surface area contributed by atoms with Crippen LogP contribution in [0.4, 0.5) is 0 Å². The Morgan fingerprint density at radius 1 is 0.667 bits per heavy atom. The number of amidine groups is 2. The van der Waals surface area contributed by atoms with Crippen LogP contribution in [-0.4, -0.2) is 25.9 Å². The van der Waals surface area contributed by atoms with Gasteiger partial charge in [0.2, 0.25) is 0 Å². The maximum Gasteiger partial charge on any atom is 0.147 e. The summed E-state index contributed by atoms with van der Waals surface area (Å²) in [5.74, 6) is 3.24. The van der Waals surface area contributed by atoms with Crippen molar-refractivity contribution < 1.29 is 9.47 Å². The molecule has 1 aliphatic rings. The van der Waals surface area contributed by atoms with E-state index in [1.807, 2.05) is 48.5 Å². The second kappa shape index (κ2) is 7.50. The molecule has 0 spiro atoms. The van der Waals surface area contributed by atoms with Gasteiger partial charge in [-0.3, -0.25) is 10.9 Å². The number of nitrogens with one attached hydrogen (secondary N) is 2. The van der Waals surface area contributed by atoms with Crippen molar-refractivity contribution in [3.05, 3.63) is 59.7 Å². The minimum atomic E-state index is 0.677. The standard InChI is InChI=1S/C18H20N4O2/c1-23-15-7-3-13(4-8-15)11-17-19-21-18(22-20-17)12-14-5-9-16(24-2)10-6-14/h3-10H,11-12H2,1-2H3,(H,19,20)(H,21,22). The zero-order chi connectivity index (χ0) is 16.8. The van der Waals surface area contributed by atoms with Crippen LogP contribution in [-0.2, 0) is 12.8 Å². The molecule has 0 bridgehead atoms. The smallest absolute Gasteiger partial charge is 0.147 e. The Hall–Kier alpha value is -3.02. The summed E-state index contributed by atoms with van der Waals surface area (Å²) in [4.78, 5) is 0. The average molecular weight is 324 g/mol. The lowest BCUT2D eigenvalue weighted by Gasteiger charge is -2.15. The fraction of sp³-hybridized carbons (Fsp3) is 0.222. The van der Waals surface area contributed by atoms with Gasteiger partial charge in [-0.2, -0.15) is 10.2 Å². The van der Waals surface area contributed by atoms with Crippen LogP contribution in [0.2, 0.25) is 0 Å². The average Bonchev–Trinajstić information content (AvgIpc) is 2.65. The fourth-order valence-electron chi connectivity index (χ4n) is 2.35. The molecule has 2 aromatic rings. The van der Waals surface area contributed by atoms with Crippen molar-refractivity contribution in [1.82, 2.24) is 10.9 Å². The summed E-state index contributed by atoms with van der Waals surface area (Å²) >= 11 is 0. The molecule has 124 valence electrons. The number of hydrogen-bond donors (Lipinski definition) is 2. The number of methoxy groups -OCH3 is 2. The van der Waals surface area contributed by atoms with Crippen molar-refractivity contribution in [1.29, 1.82) is 0 Å². The molecule has 24 heavy (non-hydrogen) atoms. The highest BCUT2D eigenvalue weighted by molar-refractivity contribution is 5.92. The Morgan fingerprint density at radius 3 is 1.33 bits per heavy atom. The van der Waals surface area contributed by atoms with Crippen molar-refractivity contribution in [3.8, 4) is 11.5 Å². The van der Waals surface area contributed by atoms with E-state index in [0.717, 1.165) is 34.3 Å². The Kier molecular flexibility index (Phi) is 4.96. The first kappa shape index (κ1) is 15.9. The molecule has 2 N–H and O–H groups in total. The number of rotatable bonds is 6. The molecule has 1 heterocycles. The summed E-state index contributed by atoms with van der Waals surface area (Å²) in [5.41, 5.74) is 8.29. The lowest BCUT2D eigenvalue weighted by molar-refractivity contribution is 0.414. The van der Waals surface area contributed by atoms with Gasteiger partial charge >= 0.3 is 0 Å². The Morgan fingerprint density at radius 2 is 1.04 bits per heavy atom. The van der Waals surface area contributed by atoms with Crippen LogP contribution in [0.15, 0.2) is 58.7 Å². The number of benzene rings is 2. The Balaban J connectivity index is 1.54. The second-order valence-corrected chi connectivity index (χ2v) is 5.39. The summed E-state index contributed by atoms with van der Waals surface area (Å²) in [6, 6.07) is 15.8. The predicted octanol–water partition coefficient (Wildman–Crippen LogP) is 2.31. The minimum absolute atomic E-state index is 0.677. The topological polar surface area (TPSA) is 67.2 Å². The molecule has 0 aliphatic carbocycles. The SMILES string of the molecule is COc1ccc(CC2=NNC(Cc3ccc(OC)cc3)=NN2)cc1. The number of hydrazone groups is 2. The molecule has 1 aliphatic heterocycles. The zero-order valence-electron chi connectivity index (χ0n) is 13.7. The monoisotopic (exact) mass is 324 g/mol. The van der Waals surface area contributed by atoms with Gasteiger partial charge in [0.1, 0.15) is 23.2 Å². The van der Waals surface area contributed by atoms with Gasteiger partial charge in [0.25, 0.3) is 0 Å². The molecular weight excluding hydrogens is 304 g/mol. The van der Waals surface area contributed by atoms with Gasteiger partial charge in [-0.05, 0) is 35.4 Å². The molecule has 0 unspecified atom stereocenters. The first-order chi connectivity index (χ1) is 11.8. The third kappa shape index (κ3) is 4.04. The quantitative estimate of drug-likeness (QED) is 0.856. The van der Waals surface area contributed by atoms with Gasteiger partial charge in [-0.25, -0.2) is 0 Å². The third-order valence-electron chi connectivity index (χ3n) is 3.70. The molecule has 0 amide bonds. The molecule has 0 saturated heterocycles. The molecule has 0 aromatic heterocycles. The van der Waals surface area contributed by atoms with E-state index in [4.69, 9.17) is 9.47 Å². The Labute approximate surface area is 141 Å². The molecule has 3 rings (SSSR count). The van der Waals surface area contributed by atoms with Crippen LogP contribution < -0.4 is 20.3 Å². The summed E-state index contributed by atoms with van der Waals surface area (Å²) in [5, 5.41) is 8.69. The molecule has 0 fully saturated rings. The van der Waals surface area contributed by atoms with Crippen LogP contribution >= 0.6 is 0 Å². The van der Waals surface area contributed by atoms with E-state index in [1.54, 1.807) is 14.2 Å². The number of hydrogen-bond acceptors (Lipinski definition) is 6. The molecule has 6 heteroatoms. The predicted molar refractivity (Wildman–Crippen MR) is 94.5 cm³/mol. The lowest BCUT2D eigenvalue weighted by atomic mass is 10.1. The van der Waals surface area contributed by atoms with E-state index in [1.165, 1.54) is 0 Å². The van der Waals surface area contributed by atoms with E-state index in [-0.39, 0.29) is 0 Å². The largest absolute Gasteiger partial charge is 0.497 e. The van der Waals surface area contributed by atoms with E-state index in [2.05, 4.69) is 21.1 Å². The van der Waals surface area contributed by atoms with Gasteiger partial charge in [0.05, 0.1) is 14.2 Å². The van der Waals surface area contributed by atoms with Crippen LogP contribution in [0, 0.1) is 0 Å². The van der Waals surface area contributed by atoms with Crippen molar-refractivity contribution in [2.24, 2.45) is 10.2 Å². The van der Waals surface area contributed by atoms with E-state index in [9.17, 15) is 0 Å². The van der Waals surface area contributed by atoms with Crippen LogP contribution in [0.1, 0.15) is 11.1 Å². The molecular formula is C18H20N4O2. The van der Waals surface area contributed by atoms with E-state index >= 15 is 0 Å². The maximum atomic E-state index is 5.16. The van der Waals surface area contributed by atoms with Gasteiger partial charge < -0.3 is 9.47 Å². The molecule has 0 saturated carbocycles. The zero-order valence-corrected chi connectivity index (χ0v) is 13.7. The first-order valence-electron chi connectivity index (χ1n) is 7.68. The number of ether oxygens (including phenoxy) is 2. The van der Waals surface area contributed by atoms with Gasteiger partial charge in [-0.1, -0.05) is 24.3 Å². The lowest BCUT2D eigenvalue weighted by Crippen LogP contribution is -2.35. The van der Waals surface area contributed by atoms with Gasteiger partial charge in [-0.15, -0.1) is 0 Å². The summed E-state index contributed by atoms with van der Waals surface area (Å²) < 4.78 is 10.3. The normalized spacial score (nSPS) is 13.2. The molecule has 2 aromatic carbocycles. The summed E-state index contributed by atoms with van der Waals surface area (Å²) in [6.07, 6.45) is 1.35. The van der Waals surface area contributed by atoms with Crippen LogP contribution in [0.25, 0.3) is 0 Å². The van der Waals surface area contributed by atoms with Crippen LogP contribution in [0.3, 0.4) is 0 Å². The highest BCUT2D eigenvalue weighted by atomic mass is 16.5.